The van der Waals surface area contributed by atoms with Crippen LogP contribution in [-0.2, 0) is 0 Å². The Labute approximate surface area is 80.5 Å². The van der Waals surface area contributed by atoms with E-state index in [4.69, 9.17) is 0 Å². The summed E-state index contributed by atoms with van der Waals surface area (Å²) in [5.41, 5.74) is 2.63. The minimum absolute atomic E-state index is 0.461. The van der Waals surface area contributed by atoms with Gasteiger partial charge in [-0.3, -0.25) is 0 Å². The zero-order chi connectivity index (χ0) is 9.68. The summed E-state index contributed by atoms with van der Waals surface area (Å²) in [7, 11) is 0. The van der Waals surface area contributed by atoms with Crippen molar-refractivity contribution in [2.45, 2.75) is 13.8 Å². The highest BCUT2D eigenvalue weighted by Crippen LogP contribution is 2.22. The van der Waals surface area contributed by atoms with E-state index in [-0.39, 0.29) is 0 Å². The molecule has 0 saturated carbocycles. The van der Waals surface area contributed by atoms with Crippen molar-refractivity contribution in [1.82, 2.24) is 5.32 Å². The van der Waals surface area contributed by atoms with Crippen LogP contribution in [0.1, 0.15) is 13.8 Å². The quantitative estimate of drug-likeness (QED) is 0.648. The van der Waals surface area contributed by atoms with Crippen molar-refractivity contribution in [3.05, 3.63) is 48.2 Å². The third-order valence-corrected chi connectivity index (χ3v) is 2.26. The first-order valence-corrected chi connectivity index (χ1v) is 4.68. The van der Waals surface area contributed by atoms with Gasteiger partial charge in [0.2, 0.25) is 0 Å². The topological polar surface area (TPSA) is 12.0 Å². The summed E-state index contributed by atoms with van der Waals surface area (Å²) in [6, 6.07) is 0. The summed E-state index contributed by atoms with van der Waals surface area (Å²) in [5.74, 6) is 0.461. The Morgan fingerprint density at radius 2 is 2.38 bits per heavy atom. The van der Waals surface area contributed by atoms with Crippen molar-refractivity contribution in [2.75, 3.05) is 6.54 Å². The molecule has 1 heterocycles. The van der Waals surface area contributed by atoms with Crippen LogP contribution < -0.4 is 5.32 Å². The first-order valence-electron chi connectivity index (χ1n) is 4.68. The van der Waals surface area contributed by atoms with Gasteiger partial charge in [-0.05, 0) is 18.6 Å². The lowest BCUT2D eigenvalue weighted by atomic mass is 9.94. The van der Waals surface area contributed by atoms with E-state index < -0.39 is 0 Å². The maximum atomic E-state index is 3.72. The predicted molar refractivity (Wildman–Crippen MR) is 58.3 cm³/mol. The summed E-state index contributed by atoms with van der Waals surface area (Å²) in [5, 5.41) is 3.29. The molecule has 0 spiro atoms. The summed E-state index contributed by atoms with van der Waals surface area (Å²) in [4.78, 5) is 0. The normalized spacial score (nSPS) is 18.9. The molecule has 1 aliphatic heterocycles. The van der Waals surface area contributed by atoms with Crippen LogP contribution in [0.15, 0.2) is 48.2 Å². The first-order chi connectivity index (χ1) is 6.29. The fourth-order valence-corrected chi connectivity index (χ4v) is 1.40. The van der Waals surface area contributed by atoms with Gasteiger partial charge in [0.15, 0.2) is 0 Å². The van der Waals surface area contributed by atoms with E-state index in [1.165, 1.54) is 11.3 Å². The predicted octanol–water partition coefficient (Wildman–Crippen LogP) is 2.80. The summed E-state index contributed by atoms with van der Waals surface area (Å²) >= 11 is 0. The summed E-state index contributed by atoms with van der Waals surface area (Å²) in [6.07, 6.45) is 10.3. The number of nitrogens with one attached hydrogen (secondary N) is 1. The number of hydrogen-bond acceptors (Lipinski definition) is 1. The SMILES string of the molecule is C=C/C=C(\C=C/C)[C@H](C)C1=CCN1. The third kappa shape index (κ3) is 2.35. The Bertz CT molecular complexity index is 269. The van der Waals surface area contributed by atoms with Crippen molar-refractivity contribution in [3.8, 4) is 0 Å². The van der Waals surface area contributed by atoms with Crippen LogP contribution in [0, 0.1) is 5.92 Å². The minimum Gasteiger partial charge on any atom is -0.385 e. The monoisotopic (exact) mass is 175 g/mol. The molecule has 0 bridgehead atoms. The highest BCUT2D eigenvalue weighted by atomic mass is 14.9. The lowest BCUT2D eigenvalue weighted by Gasteiger charge is -2.24. The van der Waals surface area contributed by atoms with Gasteiger partial charge in [0, 0.05) is 18.2 Å². The second-order valence-corrected chi connectivity index (χ2v) is 3.16. The number of allylic oxidation sites excluding steroid dienone is 5. The molecule has 0 radical (unpaired) electrons. The van der Waals surface area contributed by atoms with Gasteiger partial charge in [-0.15, -0.1) is 0 Å². The molecular weight excluding hydrogens is 158 g/mol. The zero-order valence-electron chi connectivity index (χ0n) is 8.38. The van der Waals surface area contributed by atoms with Crippen LogP contribution in [-0.4, -0.2) is 6.54 Å². The lowest BCUT2D eigenvalue weighted by Crippen LogP contribution is -2.28. The summed E-state index contributed by atoms with van der Waals surface area (Å²) in [6.45, 7) is 8.96. The van der Waals surface area contributed by atoms with Crippen LogP contribution in [0.2, 0.25) is 0 Å². The Balaban J connectivity index is 2.74. The number of hydrogen-bond donors (Lipinski definition) is 1. The van der Waals surface area contributed by atoms with Gasteiger partial charge >= 0.3 is 0 Å². The van der Waals surface area contributed by atoms with Crippen molar-refractivity contribution in [1.29, 1.82) is 0 Å². The van der Waals surface area contributed by atoms with E-state index >= 15 is 0 Å². The zero-order valence-corrected chi connectivity index (χ0v) is 8.38. The smallest absolute Gasteiger partial charge is 0.0347 e. The molecule has 0 aromatic rings. The third-order valence-electron chi connectivity index (χ3n) is 2.26. The van der Waals surface area contributed by atoms with E-state index in [1.807, 2.05) is 13.0 Å². The highest BCUT2D eigenvalue weighted by Gasteiger charge is 2.14. The average molecular weight is 175 g/mol. The largest absolute Gasteiger partial charge is 0.385 e. The van der Waals surface area contributed by atoms with Crippen molar-refractivity contribution >= 4 is 0 Å². The van der Waals surface area contributed by atoms with Gasteiger partial charge in [0.05, 0.1) is 0 Å². The fraction of sp³-hybridized carbons (Fsp3) is 0.333. The van der Waals surface area contributed by atoms with Crippen molar-refractivity contribution < 1.29 is 0 Å². The van der Waals surface area contributed by atoms with Crippen LogP contribution in [0.25, 0.3) is 0 Å². The Kier molecular flexibility index (Phi) is 3.56. The van der Waals surface area contributed by atoms with Crippen LogP contribution in [0.5, 0.6) is 0 Å². The molecule has 1 nitrogen and oxygen atoms in total. The molecule has 0 amide bonds. The van der Waals surface area contributed by atoms with Crippen molar-refractivity contribution in [2.24, 2.45) is 5.92 Å². The molecule has 0 aliphatic carbocycles. The molecular formula is C12H17N. The maximum Gasteiger partial charge on any atom is 0.0347 e. The molecule has 0 aromatic carbocycles. The van der Waals surface area contributed by atoms with Gasteiger partial charge in [0.25, 0.3) is 0 Å². The van der Waals surface area contributed by atoms with Crippen molar-refractivity contribution in [3.63, 3.8) is 0 Å². The molecule has 0 aromatic heterocycles. The molecule has 1 atom stereocenters. The van der Waals surface area contributed by atoms with Gasteiger partial charge < -0.3 is 5.32 Å². The van der Waals surface area contributed by atoms with Gasteiger partial charge in [0.1, 0.15) is 0 Å². The van der Waals surface area contributed by atoms with Crippen LogP contribution in [0.3, 0.4) is 0 Å². The van der Waals surface area contributed by atoms with Crippen LogP contribution in [0.4, 0.5) is 0 Å². The second-order valence-electron chi connectivity index (χ2n) is 3.16. The molecule has 0 saturated heterocycles. The molecule has 13 heavy (non-hydrogen) atoms. The molecule has 1 rings (SSSR count). The highest BCUT2D eigenvalue weighted by molar-refractivity contribution is 5.33. The first kappa shape index (κ1) is 9.85. The van der Waals surface area contributed by atoms with Crippen LogP contribution >= 0.6 is 0 Å². The lowest BCUT2D eigenvalue weighted by molar-refractivity contribution is 0.659. The molecule has 1 aliphatic rings. The number of rotatable bonds is 4. The van der Waals surface area contributed by atoms with E-state index in [1.54, 1.807) is 0 Å². The molecule has 0 unspecified atom stereocenters. The molecule has 1 N–H and O–H groups in total. The minimum atomic E-state index is 0.461. The second kappa shape index (κ2) is 4.70. The van der Waals surface area contributed by atoms with E-state index in [2.05, 4.69) is 43.1 Å². The maximum absolute atomic E-state index is 3.72. The van der Waals surface area contributed by atoms with E-state index in [0.29, 0.717) is 5.92 Å². The van der Waals surface area contributed by atoms with Gasteiger partial charge in [-0.1, -0.05) is 37.8 Å². The standard InChI is InChI=1S/C12H17N/c1-4-6-11(7-5-2)10(3)12-8-9-13-12/h4-8,10,13H,1,9H2,2-3H3/b7-5-,11-6+/t10-/m0/s1. The van der Waals surface area contributed by atoms with Gasteiger partial charge in [-0.2, -0.15) is 0 Å². The van der Waals surface area contributed by atoms with E-state index in [9.17, 15) is 0 Å². The summed E-state index contributed by atoms with van der Waals surface area (Å²) < 4.78 is 0. The Hall–Kier alpha value is -1.24. The van der Waals surface area contributed by atoms with Gasteiger partial charge in [-0.25, -0.2) is 0 Å². The Morgan fingerprint density at radius 3 is 2.77 bits per heavy atom. The molecule has 1 heteroatoms. The average Bonchev–Trinajstić information content (AvgIpc) is 2.01. The van der Waals surface area contributed by atoms with E-state index in [0.717, 1.165) is 6.54 Å². The molecule has 0 fully saturated rings. The fourth-order valence-electron chi connectivity index (χ4n) is 1.40. The Morgan fingerprint density at radius 1 is 1.69 bits per heavy atom. The molecule has 70 valence electrons.